The van der Waals surface area contributed by atoms with Crippen molar-refractivity contribution in [3.8, 4) is 23.5 Å². The maximum absolute atomic E-state index is 12.4. The summed E-state index contributed by atoms with van der Waals surface area (Å²) in [5.41, 5.74) is 0.993. The topological polar surface area (TPSA) is 17.8 Å². The molecule has 0 bridgehead atoms. The van der Waals surface area contributed by atoms with Crippen LogP contribution in [0.2, 0.25) is 0 Å². The third-order valence-corrected chi connectivity index (χ3v) is 2.49. The number of benzene rings is 1. The molecule has 1 aromatic carbocycles. The maximum atomic E-state index is 12.4. The maximum Gasteiger partial charge on any atom is 0.416 e. The highest BCUT2D eigenvalue weighted by atomic mass is 19.4. The molecule has 92 valence electrons. The Labute approximate surface area is 102 Å². The highest BCUT2D eigenvalue weighted by Crippen LogP contribution is 2.31. The fourth-order valence-electron chi connectivity index (χ4n) is 1.65. The molecule has 0 aliphatic rings. The van der Waals surface area contributed by atoms with Gasteiger partial charge >= 0.3 is 6.18 Å². The van der Waals surface area contributed by atoms with Crippen molar-refractivity contribution in [3.63, 3.8) is 0 Å². The van der Waals surface area contributed by atoms with Gasteiger partial charge in [0.2, 0.25) is 0 Å². The molecule has 2 aromatic rings. The van der Waals surface area contributed by atoms with Gasteiger partial charge in [0.15, 0.2) is 0 Å². The molecule has 0 saturated carbocycles. The molecule has 1 aromatic heterocycles. The summed E-state index contributed by atoms with van der Waals surface area (Å²) in [6.45, 7) is 0. The van der Waals surface area contributed by atoms with Crippen LogP contribution in [0.5, 0.6) is 0 Å². The Hall–Kier alpha value is -2.22. The Balaban J connectivity index is 2.44. The first-order chi connectivity index (χ1) is 8.41. The molecule has 18 heavy (non-hydrogen) atoms. The minimum absolute atomic E-state index is 0.414. The molecule has 2 nitrogen and oxygen atoms in total. The summed E-state index contributed by atoms with van der Waals surface area (Å²) in [4.78, 5) is 0. The van der Waals surface area contributed by atoms with Crippen LogP contribution in [0.1, 0.15) is 11.3 Å². The zero-order valence-electron chi connectivity index (χ0n) is 9.49. The van der Waals surface area contributed by atoms with Crippen LogP contribution in [-0.2, 0) is 13.2 Å². The lowest BCUT2D eigenvalue weighted by Gasteiger charge is -2.06. The average molecular weight is 250 g/mol. The SMILES string of the molecule is C#Cc1nn(C)cc1-c1ccc(C(F)(F)F)cc1. The van der Waals surface area contributed by atoms with E-state index >= 15 is 0 Å². The van der Waals surface area contributed by atoms with Crippen LogP contribution in [0, 0.1) is 12.3 Å². The molecule has 0 radical (unpaired) electrons. The Morgan fingerprint density at radius 2 is 1.83 bits per heavy atom. The Kier molecular flexibility index (Phi) is 2.87. The lowest BCUT2D eigenvalue weighted by Crippen LogP contribution is -2.03. The lowest BCUT2D eigenvalue weighted by molar-refractivity contribution is -0.137. The van der Waals surface area contributed by atoms with Gasteiger partial charge in [0.1, 0.15) is 5.69 Å². The second-order valence-electron chi connectivity index (χ2n) is 3.78. The van der Waals surface area contributed by atoms with Gasteiger partial charge in [-0.3, -0.25) is 4.68 Å². The van der Waals surface area contributed by atoms with Gasteiger partial charge in [0.05, 0.1) is 5.56 Å². The summed E-state index contributed by atoms with van der Waals surface area (Å²) in [5.74, 6) is 2.41. The van der Waals surface area contributed by atoms with E-state index in [0.29, 0.717) is 16.8 Å². The van der Waals surface area contributed by atoms with Gasteiger partial charge in [-0.1, -0.05) is 12.1 Å². The molecule has 0 amide bonds. The summed E-state index contributed by atoms with van der Waals surface area (Å²) < 4.78 is 38.8. The molecule has 0 atom stereocenters. The van der Waals surface area contributed by atoms with E-state index in [9.17, 15) is 13.2 Å². The Bertz CT molecular complexity index is 601. The van der Waals surface area contributed by atoms with Crippen molar-refractivity contribution in [2.45, 2.75) is 6.18 Å². The van der Waals surface area contributed by atoms with E-state index in [4.69, 9.17) is 6.42 Å². The molecule has 0 saturated heterocycles. The summed E-state index contributed by atoms with van der Waals surface area (Å²) in [6.07, 6.45) is 2.64. The standard InChI is InChI=1S/C13H9F3N2/c1-3-12-11(8-18(2)17-12)9-4-6-10(7-5-9)13(14,15)16/h1,4-8H,2H3. The van der Waals surface area contributed by atoms with Crippen molar-refractivity contribution < 1.29 is 13.2 Å². The predicted molar refractivity (Wildman–Crippen MR) is 61.6 cm³/mol. The molecule has 0 aliphatic carbocycles. The van der Waals surface area contributed by atoms with Crippen LogP contribution in [-0.4, -0.2) is 9.78 Å². The number of halogens is 3. The third-order valence-electron chi connectivity index (χ3n) is 2.49. The number of aromatic nitrogens is 2. The number of terminal acetylenes is 1. The van der Waals surface area contributed by atoms with Crippen LogP contribution in [0.15, 0.2) is 30.5 Å². The van der Waals surface area contributed by atoms with Gasteiger partial charge in [-0.05, 0) is 23.6 Å². The van der Waals surface area contributed by atoms with E-state index in [1.165, 1.54) is 16.8 Å². The van der Waals surface area contributed by atoms with Gasteiger partial charge in [0, 0.05) is 18.8 Å². The van der Waals surface area contributed by atoms with Crippen molar-refractivity contribution in [3.05, 3.63) is 41.7 Å². The zero-order valence-corrected chi connectivity index (χ0v) is 9.49. The summed E-state index contributed by atoms with van der Waals surface area (Å²) in [6, 6.07) is 4.84. The predicted octanol–water partition coefficient (Wildman–Crippen LogP) is 3.09. The van der Waals surface area contributed by atoms with Gasteiger partial charge in [0.25, 0.3) is 0 Å². The molecule has 0 aliphatic heterocycles. The monoisotopic (exact) mass is 250 g/mol. The van der Waals surface area contributed by atoms with Crippen LogP contribution in [0.25, 0.3) is 11.1 Å². The van der Waals surface area contributed by atoms with Gasteiger partial charge < -0.3 is 0 Å². The summed E-state index contributed by atoms with van der Waals surface area (Å²) in [7, 11) is 1.70. The van der Waals surface area contributed by atoms with Crippen molar-refractivity contribution in [1.29, 1.82) is 0 Å². The van der Waals surface area contributed by atoms with E-state index in [-0.39, 0.29) is 0 Å². The zero-order chi connectivity index (χ0) is 13.3. The molecular weight excluding hydrogens is 241 g/mol. The van der Waals surface area contributed by atoms with Crippen molar-refractivity contribution in [2.75, 3.05) is 0 Å². The van der Waals surface area contributed by atoms with Crippen LogP contribution >= 0.6 is 0 Å². The quantitative estimate of drug-likeness (QED) is 0.711. The van der Waals surface area contributed by atoms with Crippen LogP contribution < -0.4 is 0 Å². The molecule has 0 N–H and O–H groups in total. The first kappa shape index (κ1) is 12.2. The molecule has 1 heterocycles. The first-order valence-electron chi connectivity index (χ1n) is 5.09. The minimum Gasteiger partial charge on any atom is -0.274 e. The first-order valence-corrected chi connectivity index (χ1v) is 5.09. The van der Waals surface area contributed by atoms with Crippen LogP contribution in [0.4, 0.5) is 13.2 Å². The van der Waals surface area contributed by atoms with Gasteiger partial charge in [-0.15, -0.1) is 6.42 Å². The second-order valence-corrected chi connectivity index (χ2v) is 3.78. The lowest BCUT2D eigenvalue weighted by atomic mass is 10.0. The smallest absolute Gasteiger partial charge is 0.274 e. The van der Waals surface area contributed by atoms with E-state index < -0.39 is 11.7 Å². The molecule has 0 unspecified atom stereocenters. The fourth-order valence-corrected chi connectivity index (χ4v) is 1.65. The number of hydrogen-bond donors (Lipinski definition) is 0. The summed E-state index contributed by atoms with van der Waals surface area (Å²) >= 11 is 0. The number of rotatable bonds is 1. The fraction of sp³-hybridized carbons (Fsp3) is 0.154. The Morgan fingerprint density at radius 1 is 1.22 bits per heavy atom. The largest absolute Gasteiger partial charge is 0.416 e. The minimum atomic E-state index is -4.33. The number of alkyl halides is 3. The van der Waals surface area contributed by atoms with E-state index in [2.05, 4.69) is 11.0 Å². The van der Waals surface area contributed by atoms with E-state index in [1.54, 1.807) is 13.2 Å². The number of hydrogen-bond acceptors (Lipinski definition) is 1. The number of nitrogens with zero attached hydrogens (tertiary/aromatic N) is 2. The average Bonchev–Trinajstić information content (AvgIpc) is 2.69. The molecule has 2 rings (SSSR count). The van der Waals surface area contributed by atoms with E-state index in [1.807, 2.05) is 0 Å². The van der Waals surface area contributed by atoms with Gasteiger partial charge in [-0.25, -0.2) is 0 Å². The summed E-state index contributed by atoms with van der Waals surface area (Å²) in [5, 5.41) is 4.04. The van der Waals surface area contributed by atoms with Crippen molar-refractivity contribution in [1.82, 2.24) is 9.78 Å². The van der Waals surface area contributed by atoms with Crippen molar-refractivity contribution in [2.24, 2.45) is 7.05 Å². The highest BCUT2D eigenvalue weighted by Gasteiger charge is 2.30. The van der Waals surface area contributed by atoms with Crippen LogP contribution in [0.3, 0.4) is 0 Å². The van der Waals surface area contributed by atoms with Gasteiger partial charge in [-0.2, -0.15) is 18.3 Å². The third kappa shape index (κ3) is 2.23. The number of aryl methyl sites for hydroxylation is 1. The van der Waals surface area contributed by atoms with Crippen molar-refractivity contribution >= 4 is 0 Å². The molecule has 0 spiro atoms. The molecular formula is C13H9F3N2. The highest BCUT2D eigenvalue weighted by molar-refractivity contribution is 5.68. The van der Waals surface area contributed by atoms with E-state index in [0.717, 1.165) is 12.1 Å². The molecule has 5 heteroatoms. The second kappa shape index (κ2) is 4.22. The normalized spacial score (nSPS) is 11.3. The Morgan fingerprint density at radius 3 is 2.33 bits per heavy atom. The molecule has 0 fully saturated rings.